The van der Waals surface area contributed by atoms with E-state index in [1.807, 2.05) is 37.3 Å². The summed E-state index contributed by atoms with van der Waals surface area (Å²) in [5, 5.41) is 1.13. The van der Waals surface area contributed by atoms with Gasteiger partial charge in [0.15, 0.2) is 6.10 Å². The van der Waals surface area contributed by atoms with Crippen LogP contribution in [0.25, 0.3) is 22.3 Å². The van der Waals surface area contributed by atoms with Gasteiger partial charge >= 0.3 is 5.97 Å². The van der Waals surface area contributed by atoms with Crippen molar-refractivity contribution in [2.45, 2.75) is 45.1 Å². The van der Waals surface area contributed by atoms with E-state index in [1.165, 1.54) is 5.56 Å². The Bertz CT molecular complexity index is 1270. The molecule has 1 aliphatic rings. The van der Waals surface area contributed by atoms with E-state index in [-0.39, 0.29) is 5.91 Å². The number of aromatic amines is 1. The number of hydrogen-bond acceptors (Lipinski definition) is 4. The summed E-state index contributed by atoms with van der Waals surface area (Å²) in [5.74, 6) is 0.0599. The molecule has 1 N–H and O–H groups in total. The molecule has 2 heterocycles. The number of esters is 1. The number of rotatable bonds is 5. The molecule has 0 aliphatic heterocycles. The minimum absolute atomic E-state index is 0.174. The molecule has 5 rings (SSSR count). The highest BCUT2D eigenvalue weighted by atomic mass is 16.5. The van der Waals surface area contributed by atoms with Gasteiger partial charge in [-0.2, -0.15) is 0 Å². The summed E-state index contributed by atoms with van der Waals surface area (Å²) in [4.78, 5) is 33.7. The first-order valence-electron chi connectivity index (χ1n) is 11.1. The molecule has 6 heteroatoms. The Kier molecular flexibility index (Phi) is 5.35. The topological polar surface area (TPSA) is 77.0 Å². The van der Waals surface area contributed by atoms with E-state index in [4.69, 9.17) is 4.74 Å². The van der Waals surface area contributed by atoms with Crippen LogP contribution >= 0.6 is 0 Å². The number of aryl methyl sites for hydroxylation is 1. The highest BCUT2D eigenvalue weighted by molar-refractivity contribution is 5.99. The smallest absolute Gasteiger partial charge is 0.338 e. The van der Waals surface area contributed by atoms with Crippen molar-refractivity contribution in [1.82, 2.24) is 14.5 Å². The van der Waals surface area contributed by atoms with Gasteiger partial charge in [0.2, 0.25) is 0 Å². The second-order valence-electron chi connectivity index (χ2n) is 8.14. The summed E-state index contributed by atoms with van der Waals surface area (Å²) < 4.78 is 7.51. The van der Waals surface area contributed by atoms with E-state index >= 15 is 0 Å². The number of H-pyrrole nitrogens is 1. The van der Waals surface area contributed by atoms with E-state index in [0.29, 0.717) is 12.0 Å². The summed E-state index contributed by atoms with van der Waals surface area (Å²) in [6.07, 6.45) is 7.05. The number of carbonyl (C=O) groups is 2. The van der Waals surface area contributed by atoms with Crippen molar-refractivity contribution in [1.29, 1.82) is 0 Å². The summed E-state index contributed by atoms with van der Waals surface area (Å²) in [7, 11) is 0. The van der Waals surface area contributed by atoms with Gasteiger partial charge in [0.1, 0.15) is 5.82 Å². The van der Waals surface area contributed by atoms with Crippen LogP contribution in [-0.2, 0) is 17.6 Å². The summed E-state index contributed by atoms with van der Waals surface area (Å²) in [5.41, 5.74) is 4.52. The molecule has 32 heavy (non-hydrogen) atoms. The highest BCUT2D eigenvalue weighted by Crippen LogP contribution is 2.32. The van der Waals surface area contributed by atoms with E-state index in [1.54, 1.807) is 29.1 Å². The van der Waals surface area contributed by atoms with Crippen LogP contribution in [-0.4, -0.2) is 32.5 Å². The minimum atomic E-state index is -0.839. The quantitative estimate of drug-likeness (QED) is 0.445. The Morgan fingerprint density at radius 1 is 1.09 bits per heavy atom. The van der Waals surface area contributed by atoms with E-state index in [9.17, 15) is 9.59 Å². The van der Waals surface area contributed by atoms with Gasteiger partial charge < -0.3 is 9.72 Å². The van der Waals surface area contributed by atoms with E-state index in [2.05, 4.69) is 16.0 Å². The number of benzene rings is 2. The first kappa shape index (κ1) is 20.2. The predicted molar refractivity (Wildman–Crippen MR) is 123 cm³/mol. The molecule has 162 valence electrons. The van der Waals surface area contributed by atoms with Crippen molar-refractivity contribution >= 4 is 22.8 Å². The van der Waals surface area contributed by atoms with Crippen LogP contribution in [0.3, 0.4) is 0 Å². The maximum atomic E-state index is 13.6. The average Bonchev–Trinajstić information content (AvgIpc) is 3.49. The fourth-order valence-electron chi connectivity index (χ4n) is 4.58. The van der Waals surface area contributed by atoms with Gasteiger partial charge in [0.05, 0.1) is 11.1 Å². The predicted octanol–water partition coefficient (Wildman–Crippen LogP) is 5.19. The van der Waals surface area contributed by atoms with Crippen molar-refractivity contribution in [3.63, 3.8) is 0 Å². The zero-order chi connectivity index (χ0) is 22.1. The standard InChI is InChI=1S/C26H25N3O3/c1-2-23(32-26(31)18-13-11-17(12-14-18)24-27-15-16-28-24)25(30)29-21-9-5-3-7-19(21)20-8-4-6-10-22(20)29/h3,5,7,9,11-16,23H,2,4,6,8,10H2,1H3,(H,27,28). The number of nitrogens with zero attached hydrogens (tertiary/aromatic N) is 2. The number of carbonyl (C=O) groups excluding carboxylic acids is 2. The van der Waals surface area contributed by atoms with Gasteiger partial charge in [-0.15, -0.1) is 0 Å². The second-order valence-corrected chi connectivity index (χ2v) is 8.14. The lowest BCUT2D eigenvalue weighted by atomic mass is 9.95. The number of nitrogens with one attached hydrogen (secondary N) is 1. The number of hydrogen-bond donors (Lipinski definition) is 1. The molecule has 2 aromatic carbocycles. The maximum Gasteiger partial charge on any atom is 0.338 e. The Morgan fingerprint density at radius 2 is 1.88 bits per heavy atom. The van der Waals surface area contributed by atoms with Crippen molar-refractivity contribution in [3.8, 4) is 11.4 Å². The van der Waals surface area contributed by atoms with E-state index in [0.717, 1.165) is 53.7 Å². The third kappa shape index (κ3) is 3.51. The Hall–Kier alpha value is -3.67. The fourth-order valence-corrected chi connectivity index (χ4v) is 4.58. The van der Waals surface area contributed by atoms with Gasteiger partial charge in [0.25, 0.3) is 5.91 Å². The molecule has 0 saturated carbocycles. The second kappa shape index (κ2) is 8.46. The van der Waals surface area contributed by atoms with Gasteiger partial charge in [-0.1, -0.05) is 37.3 Å². The zero-order valence-electron chi connectivity index (χ0n) is 18.0. The van der Waals surface area contributed by atoms with Crippen LogP contribution in [0.4, 0.5) is 0 Å². The number of para-hydroxylation sites is 1. The molecule has 4 aromatic rings. The van der Waals surface area contributed by atoms with Crippen molar-refractivity contribution < 1.29 is 14.3 Å². The zero-order valence-corrected chi connectivity index (χ0v) is 18.0. The molecule has 0 bridgehead atoms. The third-order valence-electron chi connectivity index (χ3n) is 6.19. The Labute approximate surface area is 186 Å². The van der Waals surface area contributed by atoms with Crippen LogP contribution in [0.15, 0.2) is 60.9 Å². The molecular weight excluding hydrogens is 402 g/mol. The molecule has 0 amide bonds. The van der Waals surface area contributed by atoms with Gasteiger partial charge in [0, 0.05) is 29.0 Å². The number of fused-ring (bicyclic) bond motifs is 3. The summed E-state index contributed by atoms with van der Waals surface area (Å²) in [6.45, 7) is 1.87. The number of imidazole rings is 1. The first-order chi connectivity index (χ1) is 15.7. The van der Waals surface area contributed by atoms with Gasteiger partial charge in [-0.05, 0) is 55.9 Å². The molecular formula is C26H25N3O3. The Balaban J connectivity index is 1.41. The fraction of sp³-hybridized carbons (Fsp3) is 0.269. The van der Waals surface area contributed by atoms with Crippen LogP contribution in [0.5, 0.6) is 0 Å². The van der Waals surface area contributed by atoms with Crippen molar-refractivity contribution in [2.75, 3.05) is 0 Å². The lowest BCUT2D eigenvalue weighted by Gasteiger charge is -2.20. The largest absolute Gasteiger partial charge is 0.449 e. The molecule has 0 saturated heterocycles. The van der Waals surface area contributed by atoms with Gasteiger partial charge in [-0.25, -0.2) is 9.78 Å². The Morgan fingerprint density at radius 3 is 2.62 bits per heavy atom. The molecule has 1 aliphatic carbocycles. The summed E-state index contributed by atoms with van der Waals surface area (Å²) in [6, 6.07) is 15.0. The maximum absolute atomic E-state index is 13.6. The summed E-state index contributed by atoms with van der Waals surface area (Å²) >= 11 is 0. The van der Waals surface area contributed by atoms with Crippen LogP contribution in [0, 0.1) is 0 Å². The molecule has 0 spiro atoms. The highest BCUT2D eigenvalue weighted by Gasteiger charge is 2.29. The lowest BCUT2D eigenvalue weighted by molar-refractivity contribution is 0.0241. The average molecular weight is 428 g/mol. The van der Waals surface area contributed by atoms with Crippen molar-refractivity contribution in [2.24, 2.45) is 0 Å². The number of aromatic nitrogens is 3. The minimum Gasteiger partial charge on any atom is -0.449 e. The monoisotopic (exact) mass is 427 g/mol. The van der Waals surface area contributed by atoms with E-state index < -0.39 is 12.1 Å². The molecule has 2 aromatic heterocycles. The van der Waals surface area contributed by atoms with Crippen molar-refractivity contribution in [3.05, 3.63) is 77.7 Å². The lowest BCUT2D eigenvalue weighted by Crippen LogP contribution is -2.32. The molecule has 0 radical (unpaired) electrons. The molecule has 1 unspecified atom stereocenters. The van der Waals surface area contributed by atoms with Crippen LogP contribution < -0.4 is 0 Å². The van der Waals surface area contributed by atoms with Crippen LogP contribution in [0.2, 0.25) is 0 Å². The van der Waals surface area contributed by atoms with Gasteiger partial charge in [-0.3, -0.25) is 9.36 Å². The van der Waals surface area contributed by atoms with Crippen LogP contribution in [0.1, 0.15) is 52.6 Å². The molecule has 6 nitrogen and oxygen atoms in total. The normalized spacial score (nSPS) is 14.2. The first-order valence-corrected chi connectivity index (χ1v) is 11.1. The molecule has 1 atom stereocenters. The SMILES string of the molecule is CCC(OC(=O)c1ccc(-c2ncc[nH]2)cc1)C(=O)n1c2c(c3ccccc31)CCCC2. The third-order valence-corrected chi connectivity index (χ3v) is 6.19. The number of ether oxygens (including phenoxy) is 1. The molecule has 0 fully saturated rings.